The largest absolute Gasteiger partial charge is 0.354 e. The van der Waals surface area contributed by atoms with Crippen LogP contribution >= 0.6 is 15.9 Å². The number of rotatable bonds is 3. The molecule has 1 aliphatic rings. The van der Waals surface area contributed by atoms with Crippen LogP contribution in [0.25, 0.3) is 0 Å². The van der Waals surface area contributed by atoms with Gasteiger partial charge in [0.2, 0.25) is 0 Å². The quantitative estimate of drug-likeness (QED) is 0.680. The first kappa shape index (κ1) is 14.2. The molecule has 1 aromatic heterocycles. The minimum Gasteiger partial charge on any atom is -0.354 e. The summed E-state index contributed by atoms with van der Waals surface area (Å²) in [6.45, 7) is 3.71. The van der Waals surface area contributed by atoms with E-state index in [-0.39, 0.29) is 5.69 Å². The maximum absolute atomic E-state index is 10.9. The predicted octanol–water partition coefficient (Wildman–Crippen LogP) is 2.25. The molecule has 1 fully saturated rings. The molecule has 0 spiro atoms. The first-order valence-corrected chi connectivity index (χ1v) is 7.04. The number of hydrogen-bond donors (Lipinski definition) is 1. The Balaban J connectivity index is 2.29. The van der Waals surface area contributed by atoms with E-state index in [9.17, 15) is 10.1 Å². The lowest BCUT2D eigenvalue weighted by Crippen LogP contribution is -2.44. The number of pyridine rings is 1. The van der Waals surface area contributed by atoms with Crippen molar-refractivity contribution in [2.45, 2.75) is 25.8 Å². The fourth-order valence-electron chi connectivity index (χ4n) is 2.32. The Morgan fingerprint density at radius 2 is 2.37 bits per heavy atom. The second-order valence-corrected chi connectivity index (χ2v) is 5.57. The summed E-state index contributed by atoms with van der Waals surface area (Å²) in [7, 11) is 1.98. The standard InChI is InChI=1S/C12H17BrN4O2/c1-8-10(17(18)19)7-15-12(11(8)13)16(2)9-4-3-5-14-6-9/h7,9,14H,3-6H2,1-2H3. The summed E-state index contributed by atoms with van der Waals surface area (Å²) < 4.78 is 0.703. The van der Waals surface area contributed by atoms with E-state index in [1.54, 1.807) is 6.92 Å². The maximum atomic E-state index is 10.9. The predicted molar refractivity (Wildman–Crippen MR) is 77.6 cm³/mol. The monoisotopic (exact) mass is 328 g/mol. The summed E-state index contributed by atoms with van der Waals surface area (Å²) in [4.78, 5) is 16.8. The molecule has 0 saturated carbocycles. The fraction of sp³-hybridized carbons (Fsp3) is 0.583. The van der Waals surface area contributed by atoms with Crippen molar-refractivity contribution >= 4 is 27.4 Å². The van der Waals surface area contributed by atoms with Crippen molar-refractivity contribution in [2.75, 3.05) is 25.0 Å². The molecule has 0 aromatic carbocycles. The van der Waals surface area contributed by atoms with Crippen LogP contribution in [0.3, 0.4) is 0 Å². The van der Waals surface area contributed by atoms with Crippen molar-refractivity contribution in [1.82, 2.24) is 10.3 Å². The van der Waals surface area contributed by atoms with Gasteiger partial charge in [0.25, 0.3) is 5.69 Å². The van der Waals surface area contributed by atoms with Crippen molar-refractivity contribution in [1.29, 1.82) is 0 Å². The van der Waals surface area contributed by atoms with Gasteiger partial charge in [-0.3, -0.25) is 10.1 Å². The van der Waals surface area contributed by atoms with Crippen LogP contribution in [0.4, 0.5) is 11.5 Å². The van der Waals surface area contributed by atoms with Crippen LogP contribution in [-0.4, -0.2) is 36.1 Å². The summed E-state index contributed by atoms with van der Waals surface area (Å²) in [5.74, 6) is 0.761. The third-order valence-electron chi connectivity index (χ3n) is 3.57. The van der Waals surface area contributed by atoms with E-state index in [0.717, 1.165) is 31.7 Å². The zero-order chi connectivity index (χ0) is 14.0. The van der Waals surface area contributed by atoms with Crippen molar-refractivity contribution in [3.05, 3.63) is 26.3 Å². The molecule has 2 heterocycles. The number of halogens is 1. The van der Waals surface area contributed by atoms with Crippen LogP contribution in [0.15, 0.2) is 10.7 Å². The van der Waals surface area contributed by atoms with Gasteiger partial charge in [0.15, 0.2) is 0 Å². The molecule has 2 rings (SSSR count). The zero-order valence-corrected chi connectivity index (χ0v) is 12.6. The van der Waals surface area contributed by atoms with Crippen molar-refractivity contribution < 1.29 is 4.92 Å². The molecule has 0 aliphatic carbocycles. The molecule has 104 valence electrons. The Morgan fingerprint density at radius 1 is 1.63 bits per heavy atom. The summed E-state index contributed by atoms with van der Waals surface area (Å²) in [6, 6.07) is 0.374. The van der Waals surface area contributed by atoms with Gasteiger partial charge in [-0.1, -0.05) is 0 Å². The van der Waals surface area contributed by atoms with Crippen LogP contribution in [0.2, 0.25) is 0 Å². The van der Waals surface area contributed by atoms with Crippen LogP contribution < -0.4 is 10.2 Å². The molecule has 1 N–H and O–H groups in total. The van der Waals surface area contributed by atoms with Gasteiger partial charge in [-0.25, -0.2) is 4.98 Å². The smallest absolute Gasteiger partial charge is 0.291 e. The first-order valence-electron chi connectivity index (χ1n) is 6.25. The minimum atomic E-state index is -0.404. The fourth-order valence-corrected chi connectivity index (χ4v) is 2.91. The average molecular weight is 329 g/mol. The van der Waals surface area contributed by atoms with Crippen molar-refractivity contribution in [2.24, 2.45) is 0 Å². The van der Waals surface area contributed by atoms with Gasteiger partial charge in [-0.15, -0.1) is 0 Å². The number of hydrogen-bond acceptors (Lipinski definition) is 5. The lowest BCUT2D eigenvalue weighted by atomic mass is 10.1. The van der Waals surface area contributed by atoms with Crippen LogP contribution in [0, 0.1) is 17.0 Å². The van der Waals surface area contributed by atoms with Gasteiger partial charge in [-0.05, 0) is 42.2 Å². The Bertz CT molecular complexity index is 489. The Kier molecular flexibility index (Phi) is 4.36. The van der Waals surface area contributed by atoms with E-state index >= 15 is 0 Å². The summed E-state index contributed by atoms with van der Waals surface area (Å²) >= 11 is 3.44. The highest BCUT2D eigenvalue weighted by Crippen LogP contribution is 2.33. The Morgan fingerprint density at radius 3 is 2.95 bits per heavy atom. The van der Waals surface area contributed by atoms with E-state index in [2.05, 4.69) is 31.1 Å². The van der Waals surface area contributed by atoms with E-state index in [1.807, 2.05) is 7.05 Å². The molecule has 7 heteroatoms. The molecule has 0 bridgehead atoms. The topological polar surface area (TPSA) is 71.3 Å². The molecular weight excluding hydrogens is 312 g/mol. The molecular formula is C12H17BrN4O2. The number of anilines is 1. The van der Waals surface area contributed by atoms with Gasteiger partial charge < -0.3 is 10.2 Å². The molecule has 1 atom stereocenters. The molecule has 1 aromatic rings. The molecule has 1 aliphatic heterocycles. The maximum Gasteiger partial charge on any atom is 0.291 e. The number of nitro groups is 1. The van der Waals surface area contributed by atoms with Gasteiger partial charge in [-0.2, -0.15) is 0 Å². The third kappa shape index (κ3) is 2.87. The molecule has 1 unspecified atom stereocenters. The van der Waals surface area contributed by atoms with Crippen LogP contribution in [0.5, 0.6) is 0 Å². The van der Waals surface area contributed by atoms with Gasteiger partial charge in [0, 0.05) is 25.2 Å². The summed E-state index contributed by atoms with van der Waals surface area (Å²) in [6.07, 6.45) is 3.58. The minimum absolute atomic E-state index is 0.0470. The molecule has 0 radical (unpaired) electrons. The highest BCUT2D eigenvalue weighted by molar-refractivity contribution is 9.10. The SMILES string of the molecule is Cc1c([N+](=O)[O-])cnc(N(C)C2CCCNC2)c1Br. The van der Waals surface area contributed by atoms with Gasteiger partial charge in [0.1, 0.15) is 12.0 Å². The second kappa shape index (κ2) is 5.83. The highest BCUT2D eigenvalue weighted by Gasteiger charge is 2.24. The summed E-state index contributed by atoms with van der Waals surface area (Å²) in [5, 5.41) is 14.2. The van der Waals surface area contributed by atoms with Crippen molar-refractivity contribution in [3.8, 4) is 0 Å². The second-order valence-electron chi connectivity index (χ2n) is 4.77. The Labute approximate surface area is 120 Å². The lowest BCUT2D eigenvalue weighted by Gasteiger charge is -2.33. The number of piperidine rings is 1. The Hall–Kier alpha value is -1.21. The zero-order valence-electron chi connectivity index (χ0n) is 11.0. The lowest BCUT2D eigenvalue weighted by molar-refractivity contribution is -0.385. The highest BCUT2D eigenvalue weighted by atomic mass is 79.9. The van der Waals surface area contributed by atoms with Gasteiger partial charge in [0.05, 0.1) is 9.40 Å². The first-order chi connectivity index (χ1) is 9.02. The van der Waals surface area contributed by atoms with Crippen molar-refractivity contribution in [3.63, 3.8) is 0 Å². The molecule has 0 amide bonds. The normalized spacial score (nSPS) is 19.2. The molecule has 19 heavy (non-hydrogen) atoms. The molecule has 6 nitrogen and oxygen atoms in total. The number of likely N-dealkylation sites (N-methyl/N-ethyl adjacent to an activating group) is 1. The number of nitrogens with one attached hydrogen (secondary N) is 1. The van der Waals surface area contributed by atoms with E-state index in [4.69, 9.17) is 0 Å². The third-order valence-corrected chi connectivity index (χ3v) is 4.52. The van der Waals surface area contributed by atoms with Crippen LogP contribution in [0.1, 0.15) is 18.4 Å². The van der Waals surface area contributed by atoms with E-state index < -0.39 is 4.92 Å². The number of nitrogens with zero attached hydrogens (tertiary/aromatic N) is 3. The molecule has 1 saturated heterocycles. The summed E-state index contributed by atoms with van der Waals surface area (Å²) in [5.41, 5.74) is 0.663. The average Bonchev–Trinajstić information content (AvgIpc) is 2.41. The van der Waals surface area contributed by atoms with Gasteiger partial charge >= 0.3 is 0 Å². The van der Waals surface area contributed by atoms with E-state index in [0.29, 0.717) is 16.1 Å². The van der Waals surface area contributed by atoms with E-state index in [1.165, 1.54) is 6.20 Å². The number of aromatic nitrogens is 1. The van der Waals surface area contributed by atoms with Crippen LogP contribution in [-0.2, 0) is 0 Å².